The van der Waals surface area contributed by atoms with Gasteiger partial charge in [-0.3, -0.25) is 14.7 Å². The molecular weight excluding hydrogens is 358 g/mol. The van der Waals surface area contributed by atoms with E-state index in [0.29, 0.717) is 12.7 Å². The third-order valence-electron chi connectivity index (χ3n) is 3.48. The number of hydrogen-bond donors (Lipinski definition) is 0. The van der Waals surface area contributed by atoms with Crippen LogP contribution in [-0.2, 0) is 9.47 Å². The average molecular weight is 380 g/mol. The van der Waals surface area contributed by atoms with Gasteiger partial charge >= 0.3 is 6.09 Å². The summed E-state index contributed by atoms with van der Waals surface area (Å²) in [6.07, 6.45) is 4.05. The van der Waals surface area contributed by atoms with E-state index in [-0.39, 0.29) is 29.3 Å². The van der Waals surface area contributed by atoms with Crippen LogP contribution in [0.2, 0.25) is 5.15 Å². The van der Waals surface area contributed by atoms with Crippen LogP contribution in [0.5, 0.6) is 0 Å². The SMILES string of the molecule is COC1CC=C(CN(C(=O)OC(C)(C)C)c2ccc(C=O)c(Cl)n2)C=N1. The highest BCUT2D eigenvalue weighted by molar-refractivity contribution is 6.31. The molecule has 0 fully saturated rings. The second-order valence-corrected chi connectivity index (χ2v) is 7.08. The molecule has 0 saturated heterocycles. The first kappa shape index (κ1) is 20.1. The predicted molar refractivity (Wildman–Crippen MR) is 100 cm³/mol. The Morgan fingerprint density at radius 2 is 2.15 bits per heavy atom. The van der Waals surface area contributed by atoms with Crippen molar-refractivity contribution in [3.63, 3.8) is 0 Å². The minimum absolute atomic E-state index is 0.0248. The molecule has 1 aliphatic heterocycles. The number of hydrogen-bond acceptors (Lipinski definition) is 6. The molecule has 0 N–H and O–H groups in total. The lowest BCUT2D eigenvalue weighted by Crippen LogP contribution is -2.39. The molecule has 1 unspecified atom stereocenters. The van der Waals surface area contributed by atoms with Crippen LogP contribution >= 0.6 is 11.6 Å². The number of methoxy groups -OCH3 is 1. The lowest BCUT2D eigenvalue weighted by atomic mass is 10.1. The summed E-state index contributed by atoms with van der Waals surface area (Å²) in [6.45, 7) is 5.55. The van der Waals surface area contributed by atoms with Crippen molar-refractivity contribution in [1.82, 2.24) is 4.98 Å². The molecule has 1 aromatic rings. The summed E-state index contributed by atoms with van der Waals surface area (Å²) in [5.74, 6) is 0.290. The maximum atomic E-state index is 12.7. The van der Waals surface area contributed by atoms with Crippen molar-refractivity contribution >= 4 is 36.0 Å². The van der Waals surface area contributed by atoms with Crippen LogP contribution in [0, 0.1) is 0 Å². The molecule has 1 atom stereocenters. The Kier molecular flexibility index (Phi) is 6.50. The van der Waals surface area contributed by atoms with Gasteiger partial charge in [-0.1, -0.05) is 17.7 Å². The second kappa shape index (κ2) is 8.42. The topological polar surface area (TPSA) is 81.1 Å². The van der Waals surface area contributed by atoms with Crippen LogP contribution in [0.4, 0.5) is 10.6 Å². The van der Waals surface area contributed by atoms with Crippen LogP contribution in [0.15, 0.2) is 28.8 Å². The summed E-state index contributed by atoms with van der Waals surface area (Å²) in [5.41, 5.74) is 0.403. The van der Waals surface area contributed by atoms with Crippen molar-refractivity contribution in [3.05, 3.63) is 34.5 Å². The van der Waals surface area contributed by atoms with E-state index in [1.54, 1.807) is 40.2 Å². The Balaban J connectivity index is 2.29. The minimum atomic E-state index is -0.669. The zero-order chi connectivity index (χ0) is 19.3. The molecule has 1 aliphatic rings. The summed E-state index contributed by atoms with van der Waals surface area (Å²) in [5, 5.41) is 0.0248. The van der Waals surface area contributed by atoms with Crippen molar-refractivity contribution in [2.24, 2.45) is 4.99 Å². The molecular formula is C18H22ClN3O4. The van der Waals surface area contributed by atoms with Crippen molar-refractivity contribution in [3.8, 4) is 0 Å². The fourth-order valence-electron chi connectivity index (χ4n) is 2.22. The van der Waals surface area contributed by atoms with Gasteiger partial charge in [-0.05, 0) is 38.5 Å². The Morgan fingerprint density at radius 1 is 1.42 bits per heavy atom. The number of aliphatic imine (C=N–C) groups is 1. The maximum Gasteiger partial charge on any atom is 0.416 e. The minimum Gasteiger partial charge on any atom is -0.443 e. The van der Waals surface area contributed by atoms with E-state index in [9.17, 15) is 9.59 Å². The van der Waals surface area contributed by atoms with Gasteiger partial charge in [-0.15, -0.1) is 0 Å². The molecule has 2 rings (SSSR count). The summed E-state index contributed by atoms with van der Waals surface area (Å²) in [7, 11) is 1.59. The summed E-state index contributed by atoms with van der Waals surface area (Å²) in [6, 6.07) is 3.07. The van der Waals surface area contributed by atoms with Crippen molar-refractivity contribution in [2.45, 2.75) is 39.0 Å². The Morgan fingerprint density at radius 3 is 2.65 bits per heavy atom. The van der Waals surface area contributed by atoms with E-state index in [1.807, 2.05) is 6.08 Å². The van der Waals surface area contributed by atoms with Crippen LogP contribution in [0.1, 0.15) is 37.6 Å². The second-order valence-electron chi connectivity index (χ2n) is 6.72. The van der Waals surface area contributed by atoms with Gasteiger partial charge in [0.2, 0.25) is 0 Å². The third kappa shape index (κ3) is 5.37. The molecule has 1 aromatic heterocycles. The number of aldehydes is 1. The molecule has 0 spiro atoms. The van der Waals surface area contributed by atoms with Crippen LogP contribution in [-0.4, -0.2) is 49.1 Å². The number of halogens is 1. The monoisotopic (exact) mass is 379 g/mol. The van der Waals surface area contributed by atoms with E-state index in [4.69, 9.17) is 21.1 Å². The molecule has 0 aliphatic carbocycles. The number of pyridine rings is 1. The van der Waals surface area contributed by atoms with Crippen molar-refractivity contribution in [1.29, 1.82) is 0 Å². The molecule has 0 aromatic carbocycles. The zero-order valence-corrected chi connectivity index (χ0v) is 16.0. The Hall–Kier alpha value is -2.25. The van der Waals surface area contributed by atoms with Gasteiger partial charge in [0.15, 0.2) is 12.5 Å². The number of nitrogens with zero attached hydrogens (tertiary/aromatic N) is 3. The number of dihydropyridines is 1. The van der Waals surface area contributed by atoms with Crippen molar-refractivity contribution < 1.29 is 19.1 Å². The lowest BCUT2D eigenvalue weighted by Gasteiger charge is -2.27. The van der Waals surface area contributed by atoms with E-state index in [0.717, 1.165) is 5.57 Å². The zero-order valence-electron chi connectivity index (χ0n) is 15.2. The Bertz CT molecular complexity index is 740. The molecule has 0 radical (unpaired) electrons. The quantitative estimate of drug-likeness (QED) is 0.576. The van der Waals surface area contributed by atoms with Gasteiger partial charge in [-0.25, -0.2) is 9.78 Å². The normalized spacial score (nSPS) is 16.8. The van der Waals surface area contributed by atoms with Crippen molar-refractivity contribution in [2.75, 3.05) is 18.6 Å². The molecule has 0 saturated carbocycles. The van der Waals surface area contributed by atoms with Gasteiger partial charge in [0.1, 0.15) is 16.6 Å². The molecule has 0 bridgehead atoms. The number of aromatic nitrogens is 1. The summed E-state index contributed by atoms with van der Waals surface area (Å²) < 4.78 is 10.6. The number of rotatable bonds is 5. The van der Waals surface area contributed by atoms with Gasteiger partial charge in [0.25, 0.3) is 0 Å². The molecule has 1 amide bonds. The highest BCUT2D eigenvalue weighted by Gasteiger charge is 2.26. The predicted octanol–water partition coefficient (Wildman–Crippen LogP) is 3.66. The standard InChI is InChI=1S/C18H22ClN3O4/c1-18(2,3)26-17(24)22(10-12-5-8-15(25-4)20-9-12)14-7-6-13(11-23)16(19)21-14/h5-7,9,11,15H,8,10H2,1-4H3. The molecule has 8 heteroatoms. The van der Waals surface area contributed by atoms with E-state index in [1.165, 1.54) is 11.0 Å². The highest BCUT2D eigenvalue weighted by Crippen LogP contribution is 2.22. The molecule has 7 nitrogen and oxygen atoms in total. The molecule has 140 valence electrons. The highest BCUT2D eigenvalue weighted by atomic mass is 35.5. The van der Waals surface area contributed by atoms with E-state index in [2.05, 4.69) is 9.98 Å². The molecule has 2 heterocycles. The number of amides is 1. The van der Waals surface area contributed by atoms with Gasteiger partial charge in [-0.2, -0.15) is 0 Å². The van der Waals surface area contributed by atoms with E-state index < -0.39 is 11.7 Å². The first-order chi connectivity index (χ1) is 12.2. The van der Waals surface area contributed by atoms with Crippen LogP contribution in [0.3, 0.4) is 0 Å². The summed E-state index contributed by atoms with van der Waals surface area (Å²) >= 11 is 6.01. The van der Waals surface area contributed by atoms with Gasteiger partial charge in [0.05, 0.1) is 12.1 Å². The number of anilines is 1. The van der Waals surface area contributed by atoms with Crippen LogP contribution < -0.4 is 4.90 Å². The van der Waals surface area contributed by atoms with Gasteiger partial charge < -0.3 is 9.47 Å². The lowest BCUT2D eigenvalue weighted by molar-refractivity contribution is 0.0582. The maximum absolute atomic E-state index is 12.7. The number of ether oxygens (including phenoxy) is 2. The number of carbonyl (C=O) groups is 2. The van der Waals surface area contributed by atoms with Gasteiger partial charge in [0, 0.05) is 19.7 Å². The Labute approximate surface area is 157 Å². The van der Waals surface area contributed by atoms with E-state index >= 15 is 0 Å². The first-order valence-electron chi connectivity index (χ1n) is 8.10. The fraction of sp³-hybridized carbons (Fsp3) is 0.444. The van der Waals surface area contributed by atoms with Crippen LogP contribution in [0.25, 0.3) is 0 Å². The third-order valence-corrected chi connectivity index (χ3v) is 3.78. The number of carbonyl (C=O) groups excluding carboxylic acids is 2. The first-order valence-corrected chi connectivity index (χ1v) is 8.48. The molecule has 26 heavy (non-hydrogen) atoms. The average Bonchev–Trinajstić information content (AvgIpc) is 2.58. The summed E-state index contributed by atoms with van der Waals surface area (Å²) in [4.78, 5) is 33.4. The largest absolute Gasteiger partial charge is 0.443 e. The fourth-order valence-corrected chi connectivity index (χ4v) is 2.41. The smallest absolute Gasteiger partial charge is 0.416 e.